The topological polar surface area (TPSA) is 58.4 Å². The Morgan fingerprint density at radius 3 is 2.53 bits per heavy atom. The van der Waals surface area contributed by atoms with Gasteiger partial charge in [0.25, 0.3) is 0 Å². The lowest BCUT2D eigenvalue weighted by Gasteiger charge is -2.02. The van der Waals surface area contributed by atoms with Crippen molar-refractivity contribution in [3.63, 3.8) is 0 Å². The summed E-state index contributed by atoms with van der Waals surface area (Å²) in [6.07, 6.45) is 3.03. The zero-order valence-electron chi connectivity index (χ0n) is 7.91. The summed E-state index contributed by atoms with van der Waals surface area (Å²) in [6, 6.07) is 11.1. The molecule has 0 saturated carbocycles. The van der Waals surface area contributed by atoms with Gasteiger partial charge >= 0.3 is 0 Å². The van der Waals surface area contributed by atoms with Gasteiger partial charge in [0.2, 0.25) is 0 Å². The quantitative estimate of drug-likeness (QED) is 0.455. The molecule has 0 radical (unpaired) electrons. The summed E-state index contributed by atoms with van der Waals surface area (Å²) >= 11 is 0. The van der Waals surface area contributed by atoms with Crippen LogP contribution in [0, 0.1) is 0 Å². The van der Waals surface area contributed by atoms with Gasteiger partial charge < -0.3 is 5.21 Å². The molecule has 0 aliphatic carbocycles. The molecule has 0 saturated heterocycles. The Bertz CT molecular complexity index is 412. The lowest BCUT2D eigenvalue weighted by Crippen LogP contribution is -2.05. The third kappa shape index (κ3) is 1.99. The van der Waals surface area contributed by atoms with E-state index in [1.807, 2.05) is 30.3 Å². The molecule has 1 aromatic carbocycles. The van der Waals surface area contributed by atoms with Gasteiger partial charge in [0, 0.05) is 11.8 Å². The Labute approximate surface area is 86.9 Å². The zero-order chi connectivity index (χ0) is 10.5. The standard InChI is InChI=1S/C11H9N3O/c15-14-11(9-4-2-1-3-5-9)10-6-7-12-8-13-10/h1-8,15H/b14-11+. The lowest BCUT2D eigenvalue weighted by molar-refractivity contribution is 0.319. The molecule has 0 aliphatic heterocycles. The molecule has 2 rings (SSSR count). The third-order valence-electron chi connectivity index (χ3n) is 1.97. The Morgan fingerprint density at radius 1 is 1.13 bits per heavy atom. The monoisotopic (exact) mass is 199 g/mol. The summed E-state index contributed by atoms with van der Waals surface area (Å²) in [7, 11) is 0. The highest BCUT2D eigenvalue weighted by molar-refractivity contribution is 6.11. The third-order valence-corrected chi connectivity index (χ3v) is 1.97. The van der Waals surface area contributed by atoms with Crippen LogP contribution in [0.5, 0.6) is 0 Å². The molecule has 74 valence electrons. The van der Waals surface area contributed by atoms with E-state index in [1.54, 1.807) is 12.3 Å². The molecule has 0 bridgehead atoms. The second-order valence-electron chi connectivity index (χ2n) is 2.91. The van der Waals surface area contributed by atoms with Crippen molar-refractivity contribution in [1.82, 2.24) is 9.97 Å². The molecule has 0 fully saturated rings. The van der Waals surface area contributed by atoms with E-state index >= 15 is 0 Å². The van der Waals surface area contributed by atoms with Gasteiger partial charge in [-0.2, -0.15) is 0 Å². The summed E-state index contributed by atoms with van der Waals surface area (Å²) in [5.74, 6) is 0. The van der Waals surface area contributed by atoms with Gasteiger partial charge in [0.05, 0.1) is 5.69 Å². The van der Waals surface area contributed by atoms with E-state index in [9.17, 15) is 0 Å². The van der Waals surface area contributed by atoms with Gasteiger partial charge in [-0.15, -0.1) is 0 Å². The fraction of sp³-hybridized carbons (Fsp3) is 0. The Morgan fingerprint density at radius 2 is 1.93 bits per heavy atom. The van der Waals surface area contributed by atoms with Gasteiger partial charge in [-0.3, -0.25) is 0 Å². The number of oxime groups is 1. The Balaban J connectivity index is 2.44. The summed E-state index contributed by atoms with van der Waals surface area (Å²) in [4.78, 5) is 7.83. The van der Waals surface area contributed by atoms with Crippen molar-refractivity contribution in [2.24, 2.45) is 5.16 Å². The number of nitrogens with zero attached hydrogens (tertiary/aromatic N) is 3. The molecule has 1 heterocycles. The highest BCUT2D eigenvalue weighted by atomic mass is 16.4. The molecule has 1 aromatic heterocycles. The molecule has 15 heavy (non-hydrogen) atoms. The second-order valence-corrected chi connectivity index (χ2v) is 2.91. The maximum absolute atomic E-state index is 8.96. The van der Waals surface area contributed by atoms with Crippen LogP contribution in [0.4, 0.5) is 0 Å². The minimum atomic E-state index is 0.443. The predicted octanol–water partition coefficient (Wildman–Crippen LogP) is 1.70. The highest BCUT2D eigenvalue weighted by Crippen LogP contribution is 2.07. The average molecular weight is 199 g/mol. The molecule has 0 unspecified atom stereocenters. The predicted molar refractivity (Wildman–Crippen MR) is 55.9 cm³/mol. The van der Waals surface area contributed by atoms with Crippen LogP contribution in [0.2, 0.25) is 0 Å². The minimum absolute atomic E-state index is 0.443. The van der Waals surface area contributed by atoms with Crippen LogP contribution in [0.15, 0.2) is 54.1 Å². The normalized spacial score (nSPS) is 11.3. The van der Waals surface area contributed by atoms with Crippen molar-refractivity contribution >= 4 is 5.71 Å². The molecule has 0 aliphatic rings. The fourth-order valence-corrected chi connectivity index (χ4v) is 1.28. The van der Waals surface area contributed by atoms with Crippen molar-refractivity contribution in [3.8, 4) is 0 Å². The van der Waals surface area contributed by atoms with Crippen molar-refractivity contribution in [3.05, 3.63) is 60.2 Å². The van der Waals surface area contributed by atoms with Crippen LogP contribution in [0.3, 0.4) is 0 Å². The van der Waals surface area contributed by atoms with E-state index in [2.05, 4.69) is 15.1 Å². The highest BCUT2D eigenvalue weighted by Gasteiger charge is 2.07. The molecule has 0 spiro atoms. The van der Waals surface area contributed by atoms with Crippen LogP contribution >= 0.6 is 0 Å². The second kappa shape index (κ2) is 4.32. The largest absolute Gasteiger partial charge is 0.410 e. The molecule has 0 atom stereocenters. The van der Waals surface area contributed by atoms with E-state index in [4.69, 9.17) is 5.21 Å². The van der Waals surface area contributed by atoms with Gasteiger partial charge in [0.15, 0.2) is 0 Å². The van der Waals surface area contributed by atoms with Crippen molar-refractivity contribution in [1.29, 1.82) is 0 Å². The first-order valence-corrected chi connectivity index (χ1v) is 4.45. The van der Waals surface area contributed by atoms with E-state index in [-0.39, 0.29) is 0 Å². The number of hydrogen-bond donors (Lipinski definition) is 1. The number of hydrogen-bond acceptors (Lipinski definition) is 4. The van der Waals surface area contributed by atoms with E-state index in [1.165, 1.54) is 6.33 Å². The van der Waals surface area contributed by atoms with Crippen molar-refractivity contribution < 1.29 is 5.21 Å². The van der Waals surface area contributed by atoms with Crippen LogP contribution in [0.1, 0.15) is 11.3 Å². The Hall–Kier alpha value is -2.23. The number of rotatable bonds is 2. The first-order valence-electron chi connectivity index (χ1n) is 4.45. The van der Waals surface area contributed by atoms with Crippen molar-refractivity contribution in [2.75, 3.05) is 0 Å². The van der Waals surface area contributed by atoms with Crippen LogP contribution in [-0.2, 0) is 0 Å². The maximum Gasteiger partial charge on any atom is 0.135 e. The molecule has 4 nitrogen and oxygen atoms in total. The smallest absolute Gasteiger partial charge is 0.135 e. The molecular formula is C11H9N3O. The fourth-order valence-electron chi connectivity index (χ4n) is 1.28. The lowest BCUT2D eigenvalue weighted by atomic mass is 10.1. The first kappa shape index (κ1) is 9.33. The van der Waals surface area contributed by atoms with E-state index in [0.29, 0.717) is 11.4 Å². The van der Waals surface area contributed by atoms with Gasteiger partial charge in [0.1, 0.15) is 12.0 Å². The Kier molecular flexibility index (Phi) is 2.69. The van der Waals surface area contributed by atoms with Crippen LogP contribution in [0.25, 0.3) is 0 Å². The van der Waals surface area contributed by atoms with Crippen LogP contribution < -0.4 is 0 Å². The molecular weight excluding hydrogens is 190 g/mol. The van der Waals surface area contributed by atoms with E-state index < -0.39 is 0 Å². The average Bonchev–Trinajstić information content (AvgIpc) is 2.33. The number of benzene rings is 1. The minimum Gasteiger partial charge on any atom is -0.410 e. The zero-order valence-corrected chi connectivity index (χ0v) is 7.91. The van der Waals surface area contributed by atoms with Gasteiger partial charge in [-0.1, -0.05) is 35.5 Å². The summed E-state index contributed by atoms with van der Waals surface area (Å²) in [5.41, 5.74) is 1.86. The number of aromatic nitrogens is 2. The summed E-state index contributed by atoms with van der Waals surface area (Å²) < 4.78 is 0. The van der Waals surface area contributed by atoms with Crippen LogP contribution in [-0.4, -0.2) is 20.9 Å². The molecule has 2 aromatic rings. The molecule has 1 N–H and O–H groups in total. The van der Waals surface area contributed by atoms with Gasteiger partial charge in [-0.25, -0.2) is 9.97 Å². The van der Waals surface area contributed by atoms with E-state index in [0.717, 1.165) is 5.56 Å². The first-order chi connectivity index (χ1) is 7.42. The molecule has 0 amide bonds. The van der Waals surface area contributed by atoms with Gasteiger partial charge in [-0.05, 0) is 6.07 Å². The SMILES string of the molecule is O/N=C(\c1ccccc1)c1ccncn1. The molecule has 4 heteroatoms. The summed E-state index contributed by atoms with van der Waals surface area (Å²) in [6.45, 7) is 0. The van der Waals surface area contributed by atoms with Crippen molar-refractivity contribution in [2.45, 2.75) is 0 Å². The summed E-state index contributed by atoms with van der Waals surface area (Å²) in [5, 5.41) is 12.2. The maximum atomic E-state index is 8.96.